The number of amides is 1. The van der Waals surface area contributed by atoms with E-state index in [0.717, 1.165) is 30.6 Å². The lowest BCUT2D eigenvalue weighted by Crippen LogP contribution is -2.31. The number of benzene rings is 1. The second-order valence-corrected chi connectivity index (χ2v) is 5.96. The van der Waals surface area contributed by atoms with Crippen LogP contribution in [0.1, 0.15) is 42.9 Å². The van der Waals surface area contributed by atoms with Gasteiger partial charge in [-0.3, -0.25) is 4.79 Å². The van der Waals surface area contributed by atoms with Crippen LogP contribution in [0.3, 0.4) is 0 Å². The van der Waals surface area contributed by atoms with Crippen LogP contribution < -0.4 is 10.6 Å². The molecule has 1 amide bonds. The lowest BCUT2D eigenvalue weighted by Gasteiger charge is -2.22. The summed E-state index contributed by atoms with van der Waals surface area (Å²) in [4.78, 5) is 11.8. The highest BCUT2D eigenvalue weighted by Crippen LogP contribution is 2.17. The number of hydrogen-bond donors (Lipinski definition) is 3. The first kappa shape index (κ1) is 18.9. The van der Waals surface area contributed by atoms with Crippen LogP contribution in [0, 0.1) is 12.8 Å². The van der Waals surface area contributed by atoms with Crippen molar-refractivity contribution in [2.24, 2.45) is 5.92 Å². The Kier molecular flexibility index (Phi) is 8.46. The van der Waals surface area contributed by atoms with E-state index in [2.05, 4.69) is 10.6 Å². The maximum atomic E-state index is 11.8. The van der Waals surface area contributed by atoms with Crippen LogP contribution in [0.15, 0.2) is 24.3 Å². The second-order valence-electron chi connectivity index (χ2n) is 5.96. The van der Waals surface area contributed by atoms with Crippen LogP contribution in [-0.2, 0) is 4.79 Å². The highest BCUT2D eigenvalue weighted by molar-refractivity contribution is 5.85. The Morgan fingerprint density at radius 2 is 1.95 bits per heavy atom. The van der Waals surface area contributed by atoms with E-state index in [1.807, 2.05) is 31.2 Å². The molecule has 1 saturated heterocycles. The van der Waals surface area contributed by atoms with Gasteiger partial charge >= 0.3 is 0 Å². The summed E-state index contributed by atoms with van der Waals surface area (Å²) in [6.07, 6.45) is 3.21. The zero-order chi connectivity index (χ0) is 15.1. The number of piperidine rings is 1. The number of carbonyl (C=O) groups excluding carboxylic acids is 1. The Bertz CT molecular complexity index is 444. The fraction of sp³-hybridized carbons (Fsp3) is 0.588. The van der Waals surface area contributed by atoms with Crippen LogP contribution in [0.2, 0.25) is 0 Å². The highest BCUT2D eigenvalue weighted by atomic mass is 35.5. The molecule has 0 bridgehead atoms. The van der Waals surface area contributed by atoms with Gasteiger partial charge in [0.25, 0.3) is 0 Å². The van der Waals surface area contributed by atoms with E-state index < -0.39 is 6.10 Å². The summed E-state index contributed by atoms with van der Waals surface area (Å²) >= 11 is 0. The molecule has 1 aromatic rings. The third-order valence-electron chi connectivity index (χ3n) is 4.19. The summed E-state index contributed by atoms with van der Waals surface area (Å²) < 4.78 is 0. The van der Waals surface area contributed by atoms with Gasteiger partial charge in [-0.05, 0) is 50.8 Å². The van der Waals surface area contributed by atoms with Crippen LogP contribution in [-0.4, -0.2) is 30.6 Å². The van der Waals surface area contributed by atoms with E-state index >= 15 is 0 Å². The molecule has 1 fully saturated rings. The summed E-state index contributed by atoms with van der Waals surface area (Å²) in [5, 5.41) is 16.2. The van der Waals surface area contributed by atoms with Gasteiger partial charge in [0.15, 0.2) is 0 Å². The minimum atomic E-state index is -0.631. The number of hydrogen-bond acceptors (Lipinski definition) is 3. The summed E-state index contributed by atoms with van der Waals surface area (Å²) in [6, 6.07) is 7.75. The Hall–Kier alpha value is -1.10. The molecule has 0 radical (unpaired) electrons. The quantitative estimate of drug-likeness (QED) is 0.752. The van der Waals surface area contributed by atoms with Gasteiger partial charge in [0.05, 0.1) is 6.10 Å². The standard InChI is InChI=1S/C17H26N2O2.ClH/c1-13-2-5-15(6-3-13)16(20)12-19-17(21)7-4-14-8-10-18-11-9-14;/h2-3,5-6,14,16,18,20H,4,7-12H2,1H3,(H,19,21);1H. The van der Waals surface area contributed by atoms with E-state index in [1.165, 1.54) is 12.8 Å². The van der Waals surface area contributed by atoms with Crippen molar-refractivity contribution in [3.63, 3.8) is 0 Å². The molecule has 0 saturated carbocycles. The van der Waals surface area contributed by atoms with Gasteiger partial charge in [-0.2, -0.15) is 0 Å². The van der Waals surface area contributed by atoms with Gasteiger partial charge in [-0.25, -0.2) is 0 Å². The predicted octanol–water partition coefficient (Wildman–Crippen LogP) is 2.35. The molecule has 4 nitrogen and oxygen atoms in total. The van der Waals surface area contributed by atoms with E-state index in [1.54, 1.807) is 0 Å². The minimum absolute atomic E-state index is 0. The average Bonchev–Trinajstić information content (AvgIpc) is 2.52. The Labute approximate surface area is 139 Å². The largest absolute Gasteiger partial charge is 0.387 e. The van der Waals surface area contributed by atoms with Crippen LogP contribution in [0.25, 0.3) is 0 Å². The van der Waals surface area contributed by atoms with Gasteiger partial charge in [-0.1, -0.05) is 29.8 Å². The zero-order valence-electron chi connectivity index (χ0n) is 13.2. The molecule has 1 aliphatic rings. The van der Waals surface area contributed by atoms with Crippen LogP contribution in [0.4, 0.5) is 0 Å². The summed E-state index contributed by atoms with van der Waals surface area (Å²) in [5.41, 5.74) is 2.01. The van der Waals surface area contributed by atoms with E-state index in [4.69, 9.17) is 0 Å². The molecule has 2 rings (SSSR count). The molecule has 1 aromatic carbocycles. The number of nitrogens with one attached hydrogen (secondary N) is 2. The van der Waals surface area contributed by atoms with Crippen molar-refractivity contribution in [1.29, 1.82) is 0 Å². The lowest BCUT2D eigenvalue weighted by atomic mass is 9.93. The van der Waals surface area contributed by atoms with Crippen molar-refractivity contribution >= 4 is 18.3 Å². The van der Waals surface area contributed by atoms with Gasteiger partial charge in [-0.15, -0.1) is 12.4 Å². The second kappa shape index (κ2) is 9.82. The molecular formula is C17H27ClN2O2. The molecule has 5 heteroatoms. The first-order chi connectivity index (χ1) is 10.1. The van der Waals surface area contributed by atoms with Crippen LogP contribution >= 0.6 is 12.4 Å². The summed E-state index contributed by atoms with van der Waals surface area (Å²) in [5.74, 6) is 0.707. The topological polar surface area (TPSA) is 61.4 Å². The van der Waals surface area contributed by atoms with E-state index in [0.29, 0.717) is 12.3 Å². The monoisotopic (exact) mass is 326 g/mol. The molecule has 1 atom stereocenters. The molecule has 1 heterocycles. The minimum Gasteiger partial charge on any atom is -0.387 e. The number of carbonyl (C=O) groups is 1. The van der Waals surface area contributed by atoms with Gasteiger partial charge < -0.3 is 15.7 Å². The molecule has 124 valence electrons. The third-order valence-corrected chi connectivity index (χ3v) is 4.19. The number of rotatable bonds is 6. The number of aliphatic hydroxyl groups excluding tert-OH is 1. The SMILES string of the molecule is Cc1ccc(C(O)CNC(=O)CCC2CCNCC2)cc1.Cl. The number of aliphatic hydroxyl groups is 1. The Balaban J connectivity index is 0.00000242. The molecule has 3 N–H and O–H groups in total. The predicted molar refractivity (Wildman–Crippen MR) is 91.2 cm³/mol. The summed E-state index contributed by atoms with van der Waals surface area (Å²) in [6.45, 7) is 4.43. The molecule has 0 aliphatic carbocycles. The van der Waals surface area contributed by atoms with E-state index in [-0.39, 0.29) is 24.9 Å². The first-order valence-electron chi connectivity index (χ1n) is 7.87. The highest BCUT2D eigenvalue weighted by Gasteiger charge is 2.15. The van der Waals surface area contributed by atoms with Crippen molar-refractivity contribution in [3.05, 3.63) is 35.4 Å². The molecule has 1 unspecified atom stereocenters. The van der Waals surface area contributed by atoms with Crippen LogP contribution in [0.5, 0.6) is 0 Å². The molecule has 22 heavy (non-hydrogen) atoms. The molecular weight excluding hydrogens is 300 g/mol. The normalized spacial score (nSPS) is 16.6. The zero-order valence-corrected chi connectivity index (χ0v) is 14.0. The van der Waals surface area contributed by atoms with Gasteiger partial charge in [0.2, 0.25) is 5.91 Å². The smallest absolute Gasteiger partial charge is 0.220 e. The fourth-order valence-corrected chi connectivity index (χ4v) is 2.71. The molecule has 0 spiro atoms. The van der Waals surface area contributed by atoms with Crippen molar-refractivity contribution < 1.29 is 9.90 Å². The Morgan fingerprint density at radius 1 is 1.32 bits per heavy atom. The van der Waals surface area contributed by atoms with Crippen molar-refractivity contribution in [2.45, 2.75) is 38.7 Å². The average molecular weight is 327 g/mol. The van der Waals surface area contributed by atoms with Gasteiger partial charge in [0, 0.05) is 13.0 Å². The van der Waals surface area contributed by atoms with Crippen molar-refractivity contribution in [2.75, 3.05) is 19.6 Å². The third kappa shape index (κ3) is 6.34. The van der Waals surface area contributed by atoms with Crippen molar-refractivity contribution in [3.8, 4) is 0 Å². The Morgan fingerprint density at radius 3 is 2.59 bits per heavy atom. The molecule has 1 aliphatic heterocycles. The fourth-order valence-electron chi connectivity index (χ4n) is 2.71. The van der Waals surface area contributed by atoms with E-state index in [9.17, 15) is 9.90 Å². The maximum Gasteiger partial charge on any atom is 0.220 e. The van der Waals surface area contributed by atoms with Crippen molar-refractivity contribution in [1.82, 2.24) is 10.6 Å². The number of aryl methyl sites for hydroxylation is 1. The first-order valence-corrected chi connectivity index (χ1v) is 7.87. The molecule has 0 aromatic heterocycles. The summed E-state index contributed by atoms with van der Waals surface area (Å²) in [7, 11) is 0. The maximum absolute atomic E-state index is 11.8. The lowest BCUT2D eigenvalue weighted by molar-refractivity contribution is -0.121. The number of halogens is 1. The van der Waals surface area contributed by atoms with Gasteiger partial charge in [0.1, 0.15) is 0 Å².